The van der Waals surface area contributed by atoms with Crippen LogP contribution < -0.4 is 10.2 Å². The molecule has 0 saturated heterocycles. The van der Waals surface area contributed by atoms with Crippen LogP contribution >= 0.6 is 0 Å². The van der Waals surface area contributed by atoms with Crippen molar-refractivity contribution >= 4 is 11.6 Å². The molecule has 16 heavy (non-hydrogen) atoms. The number of benzene rings is 1. The van der Waals surface area contributed by atoms with Crippen LogP contribution in [0.5, 0.6) is 5.75 Å². The normalized spacial score (nSPS) is 9.62. The first-order valence-corrected chi connectivity index (χ1v) is 4.26. The number of carbonyl (C=O) groups excluding carboxylic acids is 1. The molecular weight excluding hydrogens is 216 g/mol. The minimum Gasteiger partial charge on any atom is -0.490 e. The van der Waals surface area contributed by atoms with E-state index in [9.17, 15) is 14.9 Å². The molecule has 1 aromatic rings. The zero-order chi connectivity index (χ0) is 12.1. The Morgan fingerprint density at radius 1 is 1.44 bits per heavy atom. The van der Waals surface area contributed by atoms with Gasteiger partial charge in [-0.25, -0.2) is 5.48 Å². The Morgan fingerprint density at radius 2 is 2.12 bits per heavy atom. The first kappa shape index (κ1) is 11.9. The molecule has 7 nitrogen and oxygen atoms in total. The molecule has 1 N–H and O–H groups in total. The molecule has 0 aromatic heterocycles. The van der Waals surface area contributed by atoms with Crippen LogP contribution in [0.2, 0.25) is 0 Å². The van der Waals surface area contributed by atoms with Crippen molar-refractivity contribution in [3.8, 4) is 5.75 Å². The molecule has 1 amide bonds. The Hall–Kier alpha value is -2.15. The highest BCUT2D eigenvalue weighted by Gasteiger charge is 2.17. The number of hydroxylamine groups is 1. The maximum Gasteiger partial charge on any atom is 0.310 e. The van der Waals surface area contributed by atoms with E-state index in [2.05, 4.69) is 10.3 Å². The number of hydrogen-bond acceptors (Lipinski definition) is 5. The van der Waals surface area contributed by atoms with Gasteiger partial charge in [-0.3, -0.25) is 19.7 Å². The number of ether oxygens (including phenoxy) is 1. The third-order valence-electron chi connectivity index (χ3n) is 1.83. The highest BCUT2D eigenvalue weighted by Crippen LogP contribution is 2.27. The summed E-state index contributed by atoms with van der Waals surface area (Å²) in [4.78, 5) is 25.8. The summed E-state index contributed by atoms with van der Waals surface area (Å²) in [6.07, 6.45) is 0. The molecule has 0 aliphatic rings. The molecule has 0 spiro atoms. The smallest absolute Gasteiger partial charge is 0.310 e. The number of nitrogens with one attached hydrogen (secondary N) is 1. The van der Waals surface area contributed by atoms with Crippen LogP contribution in [0, 0.1) is 10.1 Å². The van der Waals surface area contributed by atoms with E-state index < -0.39 is 10.8 Å². The van der Waals surface area contributed by atoms with Crippen LogP contribution in [0.1, 0.15) is 10.4 Å². The topological polar surface area (TPSA) is 90.7 Å². The van der Waals surface area contributed by atoms with Crippen LogP contribution in [-0.4, -0.2) is 25.1 Å². The summed E-state index contributed by atoms with van der Waals surface area (Å²) in [7, 11) is 2.58. The molecule has 0 unspecified atom stereocenters. The average Bonchev–Trinajstić information content (AvgIpc) is 2.28. The van der Waals surface area contributed by atoms with Crippen LogP contribution in [0.25, 0.3) is 0 Å². The summed E-state index contributed by atoms with van der Waals surface area (Å²) in [5, 5.41) is 10.6. The molecule has 0 aliphatic carbocycles. The van der Waals surface area contributed by atoms with Crippen molar-refractivity contribution in [1.82, 2.24) is 5.48 Å². The Bertz CT molecular complexity index is 418. The van der Waals surface area contributed by atoms with Crippen molar-refractivity contribution < 1.29 is 19.3 Å². The van der Waals surface area contributed by atoms with Gasteiger partial charge < -0.3 is 4.74 Å². The number of nitro benzene ring substituents is 1. The number of hydrogen-bond donors (Lipinski definition) is 1. The summed E-state index contributed by atoms with van der Waals surface area (Å²) in [5.41, 5.74) is 2.11. The number of amides is 1. The van der Waals surface area contributed by atoms with Crippen LogP contribution in [0.3, 0.4) is 0 Å². The molecular formula is C9H10N2O5. The Morgan fingerprint density at radius 3 is 2.62 bits per heavy atom. The minimum absolute atomic E-state index is 0.0220. The number of carbonyl (C=O) groups is 1. The van der Waals surface area contributed by atoms with Gasteiger partial charge >= 0.3 is 5.69 Å². The second-order valence-corrected chi connectivity index (χ2v) is 2.78. The zero-order valence-corrected chi connectivity index (χ0v) is 8.72. The van der Waals surface area contributed by atoms with Gasteiger partial charge in [0.05, 0.1) is 19.1 Å². The highest BCUT2D eigenvalue weighted by atomic mass is 16.6. The third kappa shape index (κ3) is 2.45. The van der Waals surface area contributed by atoms with Crippen molar-refractivity contribution in [3.63, 3.8) is 0 Å². The Balaban J connectivity index is 3.08. The van der Waals surface area contributed by atoms with Crippen LogP contribution in [0.4, 0.5) is 5.69 Å². The van der Waals surface area contributed by atoms with Crippen molar-refractivity contribution in [1.29, 1.82) is 0 Å². The second kappa shape index (κ2) is 5.08. The summed E-state index contributed by atoms with van der Waals surface area (Å²) in [5.74, 6) is -0.482. The number of nitrogens with zero attached hydrogens (tertiary/aromatic N) is 1. The van der Waals surface area contributed by atoms with Gasteiger partial charge in [-0.05, 0) is 6.07 Å². The van der Waals surface area contributed by atoms with Gasteiger partial charge in [-0.15, -0.1) is 0 Å². The average molecular weight is 226 g/mol. The van der Waals surface area contributed by atoms with Crippen LogP contribution in [-0.2, 0) is 4.84 Å². The van der Waals surface area contributed by atoms with Gasteiger partial charge in [0.2, 0.25) is 0 Å². The van der Waals surface area contributed by atoms with Gasteiger partial charge in [-0.2, -0.15) is 0 Å². The van der Waals surface area contributed by atoms with E-state index in [4.69, 9.17) is 4.74 Å². The summed E-state index contributed by atoms with van der Waals surface area (Å²) < 4.78 is 4.81. The fourth-order valence-electron chi connectivity index (χ4n) is 1.12. The molecule has 1 aromatic carbocycles. The van der Waals surface area contributed by atoms with E-state index in [1.54, 1.807) is 0 Å². The van der Waals surface area contributed by atoms with Crippen molar-refractivity contribution in [2.24, 2.45) is 0 Å². The quantitative estimate of drug-likeness (QED) is 0.608. The zero-order valence-electron chi connectivity index (χ0n) is 8.72. The Labute approximate surface area is 91.1 Å². The number of methoxy groups -OCH3 is 1. The van der Waals surface area contributed by atoms with Crippen molar-refractivity contribution in [3.05, 3.63) is 33.9 Å². The van der Waals surface area contributed by atoms with Gasteiger partial charge in [0.1, 0.15) is 0 Å². The lowest BCUT2D eigenvalue weighted by atomic mass is 10.2. The van der Waals surface area contributed by atoms with E-state index >= 15 is 0 Å². The van der Waals surface area contributed by atoms with Crippen molar-refractivity contribution in [2.75, 3.05) is 14.2 Å². The van der Waals surface area contributed by atoms with E-state index in [-0.39, 0.29) is 17.0 Å². The first-order chi connectivity index (χ1) is 7.60. The Kier molecular flexibility index (Phi) is 3.78. The van der Waals surface area contributed by atoms with Crippen molar-refractivity contribution in [2.45, 2.75) is 0 Å². The lowest BCUT2D eigenvalue weighted by Gasteiger charge is -2.05. The summed E-state index contributed by atoms with van der Waals surface area (Å²) in [6.45, 7) is 0. The van der Waals surface area contributed by atoms with E-state index in [1.165, 1.54) is 32.4 Å². The standard InChI is InChI=1S/C9H10N2O5/c1-15-8-5-6(9(12)10-16-2)3-4-7(8)11(13)14/h3-5H,1-2H3,(H,10,12). The van der Waals surface area contributed by atoms with E-state index in [0.29, 0.717) is 0 Å². The maximum atomic E-state index is 11.3. The first-order valence-electron chi connectivity index (χ1n) is 4.26. The number of nitro groups is 1. The fraction of sp³-hybridized carbons (Fsp3) is 0.222. The monoisotopic (exact) mass is 226 g/mol. The maximum absolute atomic E-state index is 11.3. The molecule has 0 atom stereocenters. The molecule has 0 heterocycles. The van der Waals surface area contributed by atoms with E-state index in [1.807, 2.05) is 0 Å². The minimum atomic E-state index is -0.586. The lowest BCUT2D eigenvalue weighted by Crippen LogP contribution is -2.21. The molecule has 0 aliphatic heterocycles. The molecule has 0 radical (unpaired) electrons. The SMILES string of the molecule is CONC(=O)c1ccc([N+](=O)[O-])c(OC)c1. The van der Waals surface area contributed by atoms with Gasteiger partial charge in [-0.1, -0.05) is 0 Å². The van der Waals surface area contributed by atoms with Gasteiger partial charge in [0, 0.05) is 17.7 Å². The highest BCUT2D eigenvalue weighted by molar-refractivity contribution is 5.94. The summed E-state index contributed by atoms with van der Waals surface area (Å²) in [6, 6.07) is 3.78. The summed E-state index contributed by atoms with van der Waals surface area (Å²) >= 11 is 0. The molecule has 0 bridgehead atoms. The predicted molar refractivity (Wildman–Crippen MR) is 54.1 cm³/mol. The second-order valence-electron chi connectivity index (χ2n) is 2.78. The molecule has 86 valence electrons. The van der Waals surface area contributed by atoms with E-state index in [0.717, 1.165) is 0 Å². The van der Waals surface area contributed by atoms with Gasteiger partial charge in [0.15, 0.2) is 5.75 Å². The molecule has 0 saturated carbocycles. The van der Waals surface area contributed by atoms with Gasteiger partial charge in [0.25, 0.3) is 5.91 Å². The largest absolute Gasteiger partial charge is 0.490 e. The predicted octanol–water partition coefficient (Wildman–Crippen LogP) is 0.895. The fourth-order valence-corrected chi connectivity index (χ4v) is 1.12. The third-order valence-corrected chi connectivity index (χ3v) is 1.83. The molecule has 0 fully saturated rings. The molecule has 7 heteroatoms. The molecule has 1 rings (SSSR count). The number of rotatable bonds is 4. The lowest BCUT2D eigenvalue weighted by molar-refractivity contribution is -0.385. The van der Waals surface area contributed by atoms with Crippen LogP contribution in [0.15, 0.2) is 18.2 Å².